The van der Waals surface area contributed by atoms with Crippen LogP contribution in [0.15, 0.2) is 6.33 Å². The van der Waals surface area contributed by atoms with Crippen molar-refractivity contribution in [3.05, 3.63) is 12.2 Å². The maximum Gasteiger partial charge on any atom is 0.138 e. The Morgan fingerprint density at radius 1 is 1.53 bits per heavy atom. The van der Waals surface area contributed by atoms with Crippen LogP contribution in [0.25, 0.3) is 0 Å². The fraction of sp³-hybridized carbons (Fsp3) is 0.846. The van der Waals surface area contributed by atoms with Crippen molar-refractivity contribution < 1.29 is 5.11 Å². The lowest BCUT2D eigenvalue weighted by Gasteiger charge is -2.13. The van der Waals surface area contributed by atoms with Crippen molar-refractivity contribution in [1.29, 1.82) is 0 Å². The predicted molar refractivity (Wildman–Crippen MR) is 66.5 cm³/mol. The van der Waals surface area contributed by atoms with Crippen LogP contribution in [-0.4, -0.2) is 26.0 Å². The van der Waals surface area contributed by atoms with Crippen LogP contribution in [0.4, 0.5) is 0 Å². The molecular formula is C13H23N3O. The van der Waals surface area contributed by atoms with Crippen LogP contribution in [0.3, 0.4) is 0 Å². The van der Waals surface area contributed by atoms with Gasteiger partial charge < -0.3 is 5.11 Å². The van der Waals surface area contributed by atoms with Crippen molar-refractivity contribution >= 4 is 0 Å². The van der Waals surface area contributed by atoms with Gasteiger partial charge in [0.25, 0.3) is 0 Å². The zero-order chi connectivity index (χ0) is 12.6. The zero-order valence-electron chi connectivity index (χ0n) is 11.2. The molecule has 0 aromatic carbocycles. The molecule has 0 radical (unpaired) electrons. The number of aliphatic hydroxyl groups excluding tert-OH is 1. The van der Waals surface area contributed by atoms with Crippen molar-refractivity contribution in [2.75, 3.05) is 0 Å². The molecule has 0 aliphatic heterocycles. The fourth-order valence-electron chi connectivity index (χ4n) is 2.44. The van der Waals surface area contributed by atoms with E-state index in [0.29, 0.717) is 23.7 Å². The molecule has 96 valence electrons. The van der Waals surface area contributed by atoms with Gasteiger partial charge in [0, 0.05) is 13.0 Å². The van der Waals surface area contributed by atoms with E-state index in [1.54, 1.807) is 6.33 Å². The quantitative estimate of drug-likeness (QED) is 0.850. The standard InChI is InChI=1S/C13H23N3O/c1-9(2)7-16-12(14-8-15-16)5-11(17)10-6-13(10,3)4/h8-11,17H,5-7H2,1-4H3. The SMILES string of the molecule is CC(C)Cn1ncnc1CC(O)C1CC1(C)C. The van der Waals surface area contributed by atoms with E-state index in [4.69, 9.17) is 0 Å². The summed E-state index contributed by atoms with van der Waals surface area (Å²) in [5.41, 5.74) is 0.308. The number of nitrogens with zero attached hydrogens (tertiary/aromatic N) is 3. The second kappa shape index (κ2) is 4.41. The smallest absolute Gasteiger partial charge is 0.138 e. The molecule has 1 N–H and O–H groups in total. The summed E-state index contributed by atoms with van der Waals surface area (Å²) in [5.74, 6) is 1.88. The Morgan fingerprint density at radius 2 is 2.18 bits per heavy atom. The number of rotatable bonds is 5. The lowest BCUT2D eigenvalue weighted by molar-refractivity contribution is 0.133. The van der Waals surface area contributed by atoms with Crippen molar-refractivity contribution in [3.8, 4) is 0 Å². The van der Waals surface area contributed by atoms with Gasteiger partial charge in [-0.05, 0) is 23.7 Å². The Bertz CT molecular complexity index is 384. The normalized spacial score (nSPS) is 24.0. The Labute approximate surface area is 103 Å². The molecule has 1 heterocycles. The number of hydrogen-bond donors (Lipinski definition) is 1. The van der Waals surface area contributed by atoms with E-state index in [2.05, 4.69) is 37.8 Å². The summed E-state index contributed by atoms with van der Waals surface area (Å²) in [6.45, 7) is 9.60. The van der Waals surface area contributed by atoms with Crippen molar-refractivity contribution in [1.82, 2.24) is 14.8 Å². The van der Waals surface area contributed by atoms with E-state index in [0.717, 1.165) is 18.8 Å². The highest BCUT2D eigenvalue weighted by atomic mass is 16.3. The van der Waals surface area contributed by atoms with E-state index < -0.39 is 0 Å². The molecular weight excluding hydrogens is 214 g/mol. The monoisotopic (exact) mass is 237 g/mol. The fourth-order valence-corrected chi connectivity index (χ4v) is 2.44. The summed E-state index contributed by atoms with van der Waals surface area (Å²) in [6.07, 6.45) is 3.05. The zero-order valence-corrected chi connectivity index (χ0v) is 11.2. The highest BCUT2D eigenvalue weighted by Gasteiger charge is 2.49. The van der Waals surface area contributed by atoms with Gasteiger partial charge in [0.15, 0.2) is 0 Å². The van der Waals surface area contributed by atoms with Crippen LogP contribution in [0, 0.1) is 17.3 Å². The first-order valence-corrected chi connectivity index (χ1v) is 6.45. The van der Waals surface area contributed by atoms with Crippen LogP contribution in [0.2, 0.25) is 0 Å². The molecule has 0 spiro atoms. The average molecular weight is 237 g/mol. The Balaban J connectivity index is 1.97. The van der Waals surface area contributed by atoms with E-state index in [1.807, 2.05) is 4.68 Å². The third kappa shape index (κ3) is 2.86. The maximum absolute atomic E-state index is 10.2. The molecule has 2 atom stereocenters. The largest absolute Gasteiger partial charge is 0.392 e. The van der Waals surface area contributed by atoms with Crippen LogP contribution in [0.1, 0.15) is 39.9 Å². The molecule has 1 aromatic rings. The summed E-state index contributed by atoms with van der Waals surface area (Å²) in [5, 5.41) is 14.4. The van der Waals surface area contributed by atoms with Crippen molar-refractivity contribution in [2.45, 2.75) is 53.2 Å². The van der Waals surface area contributed by atoms with Crippen LogP contribution < -0.4 is 0 Å². The molecule has 0 amide bonds. The lowest BCUT2D eigenvalue weighted by Crippen LogP contribution is -2.20. The first kappa shape index (κ1) is 12.6. The van der Waals surface area contributed by atoms with Crippen molar-refractivity contribution in [3.63, 3.8) is 0 Å². The molecule has 4 heteroatoms. The molecule has 0 saturated heterocycles. The second-order valence-electron chi connectivity index (χ2n) is 6.32. The van der Waals surface area contributed by atoms with Gasteiger partial charge in [0.05, 0.1) is 6.10 Å². The summed E-state index contributed by atoms with van der Waals surface area (Å²) in [4.78, 5) is 4.26. The highest BCUT2D eigenvalue weighted by Crippen LogP contribution is 2.53. The second-order valence-corrected chi connectivity index (χ2v) is 6.32. The molecule has 1 saturated carbocycles. The van der Waals surface area contributed by atoms with Gasteiger partial charge in [-0.3, -0.25) is 0 Å². The Hall–Kier alpha value is -0.900. The summed E-state index contributed by atoms with van der Waals surface area (Å²) >= 11 is 0. The molecule has 1 aliphatic rings. The molecule has 2 unspecified atom stereocenters. The molecule has 2 rings (SSSR count). The van der Waals surface area contributed by atoms with Crippen molar-refractivity contribution in [2.24, 2.45) is 17.3 Å². The van der Waals surface area contributed by atoms with Gasteiger partial charge in [0.2, 0.25) is 0 Å². The van der Waals surface area contributed by atoms with Gasteiger partial charge in [0.1, 0.15) is 12.2 Å². The van der Waals surface area contributed by atoms with E-state index >= 15 is 0 Å². The minimum Gasteiger partial charge on any atom is -0.392 e. The minimum atomic E-state index is -0.278. The van der Waals surface area contributed by atoms with Gasteiger partial charge in [-0.25, -0.2) is 9.67 Å². The first-order valence-electron chi connectivity index (χ1n) is 6.45. The van der Waals surface area contributed by atoms with Crippen LogP contribution >= 0.6 is 0 Å². The van der Waals surface area contributed by atoms with Gasteiger partial charge in [-0.15, -0.1) is 0 Å². The number of hydrogen-bond acceptors (Lipinski definition) is 3. The Kier molecular flexibility index (Phi) is 3.25. The average Bonchev–Trinajstić information content (AvgIpc) is 2.63. The van der Waals surface area contributed by atoms with Gasteiger partial charge in [-0.1, -0.05) is 27.7 Å². The molecule has 17 heavy (non-hydrogen) atoms. The maximum atomic E-state index is 10.2. The number of aromatic nitrogens is 3. The Morgan fingerprint density at radius 3 is 2.71 bits per heavy atom. The molecule has 4 nitrogen and oxygen atoms in total. The molecule has 1 fully saturated rings. The molecule has 0 bridgehead atoms. The first-order chi connectivity index (χ1) is 7.90. The summed E-state index contributed by atoms with van der Waals surface area (Å²) < 4.78 is 1.92. The predicted octanol–water partition coefficient (Wildman–Crippen LogP) is 1.88. The highest BCUT2D eigenvalue weighted by molar-refractivity contribution is 5.02. The minimum absolute atomic E-state index is 0.278. The molecule has 1 aliphatic carbocycles. The van der Waals surface area contributed by atoms with Crippen LogP contribution in [0.5, 0.6) is 0 Å². The van der Waals surface area contributed by atoms with E-state index in [-0.39, 0.29) is 6.10 Å². The summed E-state index contributed by atoms with van der Waals surface area (Å²) in [7, 11) is 0. The van der Waals surface area contributed by atoms with E-state index in [9.17, 15) is 5.11 Å². The van der Waals surface area contributed by atoms with E-state index in [1.165, 1.54) is 0 Å². The topological polar surface area (TPSA) is 50.9 Å². The summed E-state index contributed by atoms with van der Waals surface area (Å²) in [6, 6.07) is 0. The van der Waals surface area contributed by atoms with Gasteiger partial charge >= 0.3 is 0 Å². The number of aliphatic hydroxyl groups is 1. The van der Waals surface area contributed by atoms with Crippen LogP contribution in [-0.2, 0) is 13.0 Å². The third-order valence-electron chi connectivity index (χ3n) is 3.68. The van der Waals surface area contributed by atoms with Gasteiger partial charge in [-0.2, -0.15) is 5.10 Å². The third-order valence-corrected chi connectivity index (χ3v) is 3.68. The molecule has 1 aromatic heterocycles. The lowest BCUT2D eigenvalue weighted by atomic mass is 10.0.